The van der Waals surface area contributed by atoms with E-state index in [2.05, 4.69) is 15.5 Å². The van der Waals surface area contributed by atoms with Gasteiger partial charge in [-0.2, -0.15) is 0 Å². The molecule has 196 valence electrons. The molecule has 37 heavy (non-hydrogen) atoms. The second kappa shape index (κ2) is 13.5. The molecule has 1 aliphatic rings. The van der Waals surface area contributed by atoms with E-state index in [1.54, 1.807) is 54.7 Å². The molecule has 3 aromatic rings. The van der Waals surface area contributed by atoms with E-state index >= 15 is 0 Å². The van der Waals surface area contributed by atoms with Gasteiger partial charge >= 0.3 is 0 Å². The van der Waals surface area contributed by atoms with Gasteiger partial charge in [0.2, 0.25) is 0 Å². The molecule has 9 nitrogen and oxygen atoms in total. The highest BCUT2D eigenvalue weighted by atomic mass is 35.5. The minimum absolute atomic E-state index is 0.156. The molecule has 1 fully saturated rings. The third kappa shape index (κ3) is 7.98. The zero-order valence-electron chi connectivity index (χ0n) is 20.2. The first kappa shape index (κ1) is 27.0. The monoisotopic (exact) mass is 544 g/mol. The van der Waals surface area contributed by atoms with Gasteiger partial charge in [-0.05, 0) is 42.5 Å². The second-order valence-electron chi connectivity index (χ2n) is 8.47. The number of hydrogen-bond donors (Lipinski definition) is 2. The van der Waals surface area contributed by atoms with Crippen molar-refractivity contribution in [3.8, 4) is 5.69 Å². The van der Waals surface area contributed by atoms with Crippen LogP contribution in [0.2, 0.25) is 4.34 Å². The van der Waals surface area contributed by atoms with Gasteiger partial charge in [0.05, 0.1) is 41.7 Å². The third-order valence-electron chi connectivity index (χ3n) is 5.85. The van der Waals surface area contributed by atoms with Crippen LogP contribution in [0.4, 0.5) is 0 Å². The SMILES string of the molecule is O=C(NC(CNC(=O)c1ccc(Cl)s1)COCCN1CCOCC1)c1ccc(-n2ccccc2=O)cc1. The van der Waals surface area contributed by atoms with Crippen LogP contribution in [0.25, 0.3) is 5.69 Å². The third-order valence-corrected chi connectivity index (χ3v) is 7.08. The highest BCUT2D eigenvalue weighted by Crippen LogP contribution is 2.21. The number of aromatic nitrogens is 1. The summed E-state index contributed by atoms with van der Waals surface area (Å²) in [6.07, 6.45) is 1.67. The number of pyridine rings is 1. The largest absolute Gasteiger partial charge is 0.379 e. The molecule has 2 aromatic heterocycles. The molecule has 0 bridgehead atoms. The van der Waals surface area contributed by atoms with Gasteiger partial charge in [-0.15, -0.1) is 11.3 Å². The van der Waals surface area contributed by atoms with Crippen molar-refractivity contribution in [1.82, 2.24) is 20.1 Å². The molecule has 0 spiro atoms. The Kier molecular flexibility index (Phi) is 9.86. The van der Waals surface area contributed by atoms with Crippen LogP contribution in [-0.2, 0) is 9.47 Å². The van der Waals surface area contributed by atoms with Crippen LogP contribution >= 0.6 is 22.9 Å². The Hall–Kier alpha value is -3.02. The number of carbonyl (C=O) groups is 2. The van der Waals surface area contributed by atoms with Gasteiger partial charge in [0.15, 0.2) is 0 Å². The van der Waals surface area contributed by atoms with E-state index in [1.165, 1.54) is 22.0 Å². The summed E-state index contributed by atoms with van der Waals surface area (Å²) < 4.78 is 13.3. The van der Waals surface area contributed by atoms with E-state index in [4.69, 9.17) is 21.1 Å². The van der Waals surface area contributed by atoms with E-state index in [1.807, 2.05) is 0 Å². The molecule has 1 aliphatic heterocycles. The molecule has 4 rings (SSSR count). The minimum atomic E-state index is -0.451. The molecule has 2 N–H and O–H groups in total. The van der Waals surface area contributed by atoms with Crippen molar-refractivity contribution in [2.24, 2.45) is 0 Å². The fourth-order valence-corrected chi connectivity index (χ4v) is 4.78. The molecule has 11 heteroatoms. The first-order valence-corrected chi connectivity index (χ1v) is 13.2. The lowest BCUT2D eigenvalue weighted by molar-refractivity contribution is 0.0177. The molecular weight excluding hydrogens is 516 g/mol. The van der Waals surface area contributed by atoms with Crippen molar-refractivity contribution in [1.29, 1.82) is 0 Å². The molecule has 1 saturated heterocycles. The van der Waals surface area contributed by atoms with Gasteiger partial charge in [-0.25, -0.2) is 0 Å². The first-order chi connectivity index (χ1) is 18.0. The molecule has 0 saturated carbocycles. The zero-order chi connectivity index (χ0) is 26.0. The number of amides is 2. The van der Waals surface area contributed by atoms with Gasteiger partial charge in [-0.1, -0.05) is 17.7 Å². The number of carbonyl (C=O) groups excluding carboxylic acids is 2. The number of nitrogens with zero attached hydrogens (tertiary/aromatic N) is 2. The smallest absolute Gasteiger partial charge is 0.261 e. The zero-order valence-corrected chi connectivity index (χ0v) is 21.8. The van der Waals surface area contributed by atoms with Crippen LogP contribution in [0.5, 0.6) is 0 Å². The fraction of sp³-hybridized carbons (Fsp3) is 0.346. The van der Waals surface area contributed by atoms with Gasteiger partial charge < -0.3 is 20.1 Å². The summed E-state index contributed by atoms with van der Waals surface area (Å²) in [6, 6.07) is 14.5. The molecule has 2 amide bonds. The van der Waals surface area contributed by atoms with E-state index in [-0.39, 0.29) is 30.5 Å². The summed E-state index contributed by atoms with van der Waals surface area (Å²) in [5.41, 5.74) is 0.936. The maximum Gasteiger partial charge on any atom is 0.261 e. The summed E-state index contributed by atoms with van der Waals surface area (Å²) in [5, 5.41) is 5.80. The van der Waals surface area contributed by atoms with E-state index < -0.39 is 6.04 Å². The highest BCUT2D eigenvalue weighted by Gasteiger charge is 2.18. The Morgan fingerprint density at radius 3 is 2.54 bits per heavy atom. The Morgan fingerprint density at radius 2 is 1.84 bits per heavy atom. The number of nitrogens with one attached hydrogen (secondary N) is 2. The summed E-state index contributed by atoms with van der Waals surface area (Å²) in [5.74, 6) is -0.565. The summed E-state index contributed by atoms with van der Waals surface area (Å²) >= 11 is 7.13. The highest BCUT2D eigenvalue weighted by molar-refractivity contribution is 7.18. The number of ether oxygens (including phenoxy) is 2. The van der Waals surface area contributed by atoms with Crippen molar-refractivity contribution in [3.63, 3.8) is 0 Å². The Morgan fingerprint density at radius 1 is 1.05 bits per heavy atom. The maximum atomic E-state index is 13.0. The van der Waals surface area contributed by atoms with Crippen molar-refractivity contribution in [3.05, 3.63) is 85.9 Å². The number of morpholine rings is 1. The molecule has 3 heterocycles. The topological polar surface area (TPSA) is 102 Å². The standard InChI is InChI=1S/C26H29ClN4O5S/c27-23-9-8-22(37-23)26(34)28-17-20(18-36-16-13-30-11-14-35-15-12-30)29-25(33)19-4-6-21(7-5-19)31-10-2-1-3-24(31)32/h1-10,20H,11-18H2,(H,28,34)(H,29,33). The van der Waals surface area contributed by atoms with Crippen LogP contribution in [0.1, 0.15) is 20.0 Å². The van der Waals surface area contributed by atoms with Gasteiger partial charge in [-0.3, -0.25) is 23.9 Å². The lowest BCUT2D eigenvalue weighted by Crippen LogP contribution is -2.46. The number of benzene rings is 1. The molecular formula is C26H29ClN4O5S. The average molecular weight is 545 g/mol. The number of thiophene rings is 1. The quantitative estimate of drug-likeness (QED) is 0.360. The predicted octanol–water partition coefficient (Wildman–Crippen LogP) is 2.43. The van der Waals surface area contributed by atoms with E-state index in [0.717, 1.165) is 32.8 Å². The molecule has 0 aliphatic carbocycles. The fourth-order valence-electron chi connectivity index (χ4n) is 3.82. The van der Waals surface area contributed by atoms with Crippen LogP contribution in [0.3, 0.4) is 0 Å². The second-order valence-corrected chi connectivity index (χ2v) is 10.2. The van der Waals surface area contributed by atoms with E-state index in [0.29, 0.717) is 27.1 Å². The lowest BCUT2D eigenvalue weighted by Gasteiger charge is -2.26. The van der Waals surface area contributed by atoms with Crippen LogP contribution in [-0.4, -0.2) is 79.9 Å². The van der Waals surface area contributed by atoms with Gasteiger partial charge in [0.1, 0.15) is 0 Å². The van der Waals surface area contributed by atoms with Crippen LogP contribution in [0.15, 0.2) is 65.6 Å². The average Bonchev–Trinajstić information content (AvgIpc) is 3.36. The van der Waals surface area contributed by atoms with Gasteiger partial charge in [0, 0.05) is 49.7 Å². The Labute approximate surface area is 223 Å². The van der Waals surface area contributed by atoms with Crippen LogP contribution < -0.4 is 16.2 Å². The molecule has 1 aromatic carbocycles. The van der Waals surface area contributed by atoms with Crippen LogP contribution in [0, 0.1) is 0 Å². The summed E-state index contributed by atoms with van der Waals surface area (Å²) in [4.78, 5) is 40.3. The van der Waals surface area contributed by atoms with Crippen molar-refractivity contribution in [2.75, 3.05) is 52.6 Å². The molecule has 0 radical (unpaired) electrons. The lowest BCUT2D eigenvalue weighted by atomic mass is 10.1. The van der Waals surface area contributed by atoms with Gasteiger partial charge in [0.25, 0.3) is 17.4 Å². The Bertz CT molecular complexity index is 1240. The van der Waals surface area contributed by atoms with E-state index in [9.17, 15) is 14.4 Å². The van der Waals surface area contributed by atoms with Crippen molar-refractivity contribution in [2.45, 2.75) is 6.04 Å². The molecule has 1 unspecified atom stereocenters. The normalized spacial score (nSPS) is 14.7. The summed E-state index contributed by atoms with van der Waals surface area (Å²) in [7, 11) is 0. The van der Waals surface area contributed by atoms with Crippen molar-refractivity contribution < 1.29 is 19.1 Å². The number of halogens is 1. The maximum absolute atomic E-state index is 13.0. The number of rotatable bonds is 11. The minimum Gasteiger partial charge on any atom is -0.379 e. The summed E-state index contributed by atoms with van der Waals surface area (Å²) in [6.45, 7) is 4.87. The predicted molar refractivity (Wildman–Crippen MR) is 143 cm³/mol. The molecule has 1 atom stereocenters. The Balaban J connectivity index is 1.35. The number of hydrogen-bond acceptors (Lipinski definition) is 7. The first-order valence-electron chi connectivity index (χ1n) is 12.0. The van der Waals surface area contributed by atoms with Crippen molar-refractivity contribution >= 4 is 34.8 Å².